The highest BCUT2D eigenvalue weighted by molar-refractivity contribution is 6.31. The van der Waals surface area contributed by atoms with Gasteiger partial charge in [0.25, 0.3) is 0 Å². The summed E-state index contributed by atoms with van der Waals surface area (Å²) >= 11 is 6.23. The van der Waals surface area contributed by atoms with Crippen LogP contribution in [0.4, 0.5) is 5.69 Å². The standard InChI is InChI=1S/C16H16ClNO2/c17-14-4-2-1-3-13(14)10-18-7-8-20-16-6-5-12(11-19)9-15(16)18/h1-6,9,19H,7-8,10-11H2. The molecule has 1 N–H and O–H groups in total. The van der Waals surface area contributed by atoms with Crippen molar-refractivity contribution >= 4 is 17.3 Å². The van der Waals surface area contributed by atoms with E-state index in [1.54, 1.807) is 0 Å². The van der Waals surface area contributed by atoms with Crippen LogP contribution in [0.15, 0.2) is 42.5 Å². The van der Waals surface area contributed by atoms with Crippen LogP contribution in [0.1, 0.15) is 11.1 Å². The highest BCUT2D eigenvalue weighted by Gasteiger charge is 2.19. The van der Waals surface area contributed by atoms with Crippen molar-refractivity contribution in [3.05, 3.63) is 58.6 Å². The van der Waals surface area contributed by atoms with E-state index >= 15 is 0 Å². The van der Waals surface area contributed by atoms with Gasteiger partial charge in [-0.25, -0.2) is 0 Å². The molecule has 0 unspecified atom stereocenters. The smallest absolute Gasteiger partial charge is 0.142 e. The molecule has 2 aromatic carbocycles. The lowest BCUT2D eigenvalue weighted by molar-refractivity contribution is 0.280. The quantitative estimate of drug-likeness (QED) is 0.942. The average molecular weight is 290 g/mol. The lowest BCUT2D eigenvalue weighted by atomic mass is 10.1. The van der Waals surface area contributed by atoms with Crippen LogP contribution in [0, 0.1) is 0 Å². The van der Waals surface area contributed by atoms with E-state index in [1.165, 1.54) is 0 Å². The highest BCUT2D eigenvalue weighted by Crippen LogP contribution is 2.34. The highest BCUT2D eigenvalue weighted by atomic mass is 35.5. The Kier molecular flexibility index (Phi) is 3.81. The largest absolute Gasteiger partial charge is 0.490 e. The van der Waals surface area contributed by atoms with Crippen LogP contribution < -0.4 is 9.64 Å². The second kappa shape index (κ2) is 5.73. The third-order valence-electron chi connectivity index (χ3n) is 3.48. The molecule has 0 radical (unpaired) electrons. The maximum absolute atomic E-state index is 9.28. The second-order valence-electron chi connectivity index (χ2n) is 4.82. The van der Waals surface area contributed by atoms with Gasteiger partial charge < -0.3 is 14.7 Å². The Morgan fingerprint density at radius 2 is 2.05 bits per heavy atom. The molecule has 2 aromatic rings. The minimum atomic E-state index is 0.0349. The predicted molar refractivity (Wildman–Crippen MR) is 80.4 cm³/mol. The summed E-state index contributed by atoms with van der Waals surface area (Å²) in [5.74, 6) is 0.862. The molecule has 3 nitrogen and oxygen atoms in total. The maximum Gasteiger partial charge on any atom is 0.142 e. The Morgan fingerprint density at radius 3 is 2.85 bits per heavy atom. The number of rotatable bonds is 3. The normalized spacial score (nSPS) is 13.8. The number of halogens is 1. The van der Waals surface area contributed by atoms with E-state index in [1.807, 2.05) is 42.5 Å². The van der Waals surface area contributed by atoms with Crippen molar-refractivity contribution in [2.45, 2.75) is 13.2 Å². The number of aliphatic hydroxyl groups is 1. The molecule has 0 aromatic heterocycles. The Labute approximate surface area is 123 Å². The van der Waals surface area contributed by atoms with Crippen molar-refractivity contribution in [3.63, 3.8) is 0 Å². The summed E-state index contributed by atoms with van der Waals surface area (Å²) < 4.78 is 5.66. The van der Waals surface area contributed by atoms with Gasteiger partial charge in [0.1, 0.15) is 12.4 Å². The average Bonchev–Trinajstić information content (AvgIpc) is 2.49. The van der Waals surface area contributed by atoms with E-state index in [-0.39, 0.29) is 6.61 Å². The van der Waals surface area contributed by atoms with Gasteiger partial charge in [0.2, 0.25) is 0 Å². The fraction of sp³-hybridized carbons (Fsp3) is 0.250. The van der Waals surface area contributed by atoms with Gasteiger partial charge >= 0.3 is 0 Å². The second-order valence-corrected chi connectivity index (χ2v) is 5.23. The summed E-state index contributed by atoms with van der Waals surface area (Å²) in [7, 11) is 0. The van der Waals surface area contributed by atoms with E-state index in [2.05, 4.69) is 4.90 Å². The Balaban J connectivity index is 1.91. The summed E-state index contributed by atoms with van der Waals surface area (Å²) in [4.78, 5) is 2.24. The summed E-state index contributed by atoms with van der Waals surface area (Å²) in [5.41, 5.74) is 3.00. The molecule has 0 aliphatic carbocycles. The van der Waals surface area contributed by atoms with E-state index in [0.717, 1.165) is 40.7 Å². The van der Waals surface area contributed by atoms with Crippen molar-refractivity contribution in [1.82, 2.24) is 0 Å². The Morgan fingerprint density at radius 1 is 1.20 bits per heavy atom. The monoisotopic (exact) mass is 289 g/mol. The Bertz CT molecular complexity index is 615. The van der Waals surface area contributed by atoms with Gasteiger partial charge in [-0.1, -0.05) is 35.9 Å². The number of anilines is 1. The molecule has 3 rings (SSSR count). The number of fused-ring (bicyclic) bond motifs is 1. The van der Waals surface area contributed by atoms with Gasteiger partial charge in [-0.15, -0.1) is 0 Å². The molecule has 1 aliphatic rings. The molecular formula is C16H16ClNO2. The molecular weight excluding hydrogens is 274 g/mol. The first-order chi connectivity index (χ1) is 9.78. The first-order valence-corrected chi connectivity index (χ1v) is 7.00. The van der Waals surface area contributed by atoms with E-state index < -0.39 is 0 Å². The number of hydrogen-bond acceptors (Lipinski definition) is 3. The molecule has 104 valence electrons. The first kappa shape index (κ1) is 13.3. The molecule has 0 saturated heterocycles. The van der Waals surface area contributed by atoms with Gasteiger partial charge in [0, 0.05) is 11.6 Å². The van der Waals surface area contributed by atoms with E-state index in [4.69, 9.17) is 16.3 Å². The molecule has 0 amide bonds. The summed E-state index contributed by atoms with van der Waals surface area (Å²) in [6.45, 7) is 2.25. The number of ether oxygens (including phenoxy) is 1. The third-order valence-corrected chi connectivity index (χ3v) is 3.85. The summed E-state index contributed by atoms with van der Waals surface area (Å²) in [5, 5.41) is 10.1. The lowest BCUT2D eigenvalue weighted by Gasteiger charge is -2.32. The number of benzene rings is 2. The van der Waals surface area contributed by atoms with Crippen LogP contribution in [0.3, 0.4) is 0 Å². The first-order valence-electron chi connectivity index (χ1n) is 6.63. The molecule has 1 aliphatic heterocycles. The van der Waals surface area contributed by atoms with Gasteiger partial charge in [-0.05, 0) is 29.3 Å². The fourth-order valence-electron chi connectivity index (χ4n) is 2.41. The van der Waals surface area contributed by atoms with Gasteiger partial charge in [0.15, 0.2) is 0 Å². The number of aliphatic hydroxyl groups excluding tert-OH is 1. The third kappa shape index (κ3) is 2.60. The van der Waals surface area contributed by atoms with Crippen LogP contribution in [-0.2, 0) is 13.2 Å². The zero-order valence-electron chi connectivity index (χ0n) is 11.1. The summed E-state index contributed by atoms with van der Waals surface area (Å²) in [6.07, 6.45) is 0. The maximum atomic E-state index is 9.28. The minimum absolute atomic E-state index is 0.0349. The summed E-state index contributed by atoms with van der Waals surface area (Å²) in [6, 6.07) is 13.6. The number of nitrogens with zero attached hydrogens (tertiary/aromatic N) is 1. The van der Waals surface area contributed by atoms with Crippen LogP contribution in [0.2, 0.25) is 5.02 Å². The molecule has 0 atom stereocenters. The minimum Gasteiger partial charge on any atom is -0.490 e. The number of hydrogen-bond donors (Lipinski definition) is 1. The molecule has 0 bridgehead atoms. The molecule has 20 heavy (non-hydrogen) atoms. The SMILES string of the molecule is OCc1ccc2c(c1)N(Cc1ccccc1Cl)CCO2. The lowest BCUT2D eigenvalue weighted by Crippen LogP contribution is -2.32. The topological polar surface area (TPSA) is 32.7 Å². The van der Waals surface area contributed by atoms with Gasteiger partial charge in [-0.2, -0.15) is 0 Å². The molecule has 4 heteroatoms. The molecule has 0 fully saturated rings. The fourth-order valence-corrected chi connectivity index (χ4v) is 2.61. The van der Waals surface area contributed by atoms with Crippen LogP contribution in [0.25, 0.3) is 0 Å². The molecule has 0 saturated carbocycles. The zero-order valence-corrected chi connectivity index (χ0v) is 11.8. The van der Waals surface area contributed by atoms with Gasteiger partial charge in [0.05, 0.1) is 18.8 Å². The van der Waals surface area contributed by atoms with E-state index in [9.17, 15) is 5.11 Å². The van der Waals surface area contributed by atoms with Crippen molar-refractivity contribution in [1.29, 1.82) is 0 Å². The van der Waals surface area contributed by atoms with Crippen LogP contribution in [-0.4, -0.2) is 18.3 Å². The van der Waals surface area contributed by atoms with Crippen molar-refractivity contribution in [2.24, 2.45) is 0 Å². The van der Waals surface area contributed by atoms with Crippen molar-refractivity contribution < 1.29 is 9.84 Å². The van der Waals surface area contributed by atoms with E-state index in [0.29, 0.717) is 6.61 Å². The van der Waals surface area contributed by atoms with Crippen LogP contribution >= 0.6 is 11.6 Å². The zero-order chi connectivity index (χ0) is 13.9. The predicted octanol–water partition coefficient (Wildman–Crippen LogP) is 3.23. The van der Waals surface area contributed by atoms with Gasteiger partial charge in [-0.3, -0.25) is 0 Å². The van der Waals surface area contributed by atoms with Crippen molar-refractivity contribution in [2.75, 3.05) is 18.1 Å². The van der Waals surface area contributed by atoms with Crippen molar-refractivity contribution in [3.8, 4) is 5.75 Å². The molecule has 1 heterocycles. The molecule has 0 spiro atoms. The van der Waals surface area contributed by atoms with Crippen LogP contribution in [0.5, 0.6) is 5.75 Å². The Hall–Kier alpha value is -1.71.